The molecule has 0 fully saturated rings. The Bertz CT molecular complexity index is 871. The molecule has 3 aromatic rings. The van der Waals surface area contributed by atoms with Crippen LogP contribution in [-0.2, 0) is 17.9 Å². The Hall–Kier alpha value is -2.67. The molecule has 2 heterocycles. The van der Waals surface area contributed by atoms with Gasteiger partial charge in [0, 0.05) is 6.42 Å². The molecule has 0 radical (unpaired) electrons. The minimum absolute atomic E-state index is 0.166. The van der Waals surface area contributed by atoms with E-state index in [-0.39, 0.29) is 12.3 Å². The first-order valence-corrected chi connectivity index (χ1v) is 8.33. The topological polar surface area (TPSA) is 77.6 Å². The highest BCUT2D eigenvalue weighted by Gasteiger charge is 2.11. The highest BCUT2D eigenvalue weighted by atomic mass is 35.5. The Morgan fingerprint density at radius 3 is 2.64 bits per heavy atom. The minimum atomic E-state index is -0.166. The number of aryl methyl sites for hydroxylation is 2. The number of aromatic nitrogens is 5. The maximum Gasteiger partial charge on any atom is 0.248 e. The predicted molar refractivity (Wildman–Crippen MR) is 95.5 cm³/mol. The second kappa shape index (κ2) is 7.48. The van der Waals surface area contributed by atoms with Crippen molar-refractivity contribution in [3.63, 3.8) is 0 Å². The van der Waals surface area contributed by atoms with Crippen LogP contribution in [0.2, 0.25) is 5.02 Å². The van der Waals surface area contributed by atoms with Crippen LogP contribution < -0.4 is 5.32 Å². The first kappa shape index (κ1) is 17.2. The monoisotopic (exact) mass is 358 g/mol. The van der Waals surface area contributed by atoms with Crippen molar-refractivity contribution < 1.29 is 4.79 Å². The summed E-state index contributed by atoms with van der Waals surface area (Å²) >= 11 is 6.11. The zero-order chi connectivity index (χ0) is 17.8. The number of hydrogen-bond donors (Lipinski definition) is 1. The molecule has 25 heavy (non-hydrogen) atoms. The van der Waals surface area contributed by atoms with E-state index >= 15 is 0 Å². The van der Waals surface area contributed by atoms with E-state index in [9.17, 15) is 4.79 Å². The molecule has 0 saturated heterocycles. The zero-order valence-corrected chi connectivity index (χ0v) is 14.9. The van der Waals surface area contributed by atoms with Crippen molar-refractivity contribution >= 4 is 23.5 Å². The summed E-state index contributed by atoms with van der Waals surface area (Å²) in [5, 5.41) is 11.9. The van der Waals surface area contributed by atoms with Crippen molar-refractivity contribution in [3.8, 4) is 0 Å². The number of anilines is 1. The van der Waals surface area contributed by atoms with Gasteiger partial charge in [-0.25, -0.2) is 9.67 Å². The van der Waals surface area contributed by atoms with Crippen molar-refractivity contribution in [2.24, 2.45) is 0 Å². The third kappa shape index (κ3) is 4.24. The van der Waals surface area contributed by atoms with Gasteiger partial charge < -0.3 is 0 Å². The van der Waals surface area contributed by atoms with Crippen molar-refractivity contribution in [3.05, 3.63) is 58.6 Å². The third-order valence-electron chi connectivity index (χ3n) is 3.82. The summed E-state index contributed by atoms with van der Waals surface area (Å²) in [6.07, 6.45) is 1.87. The number of nitrogens with zero attached hydrogens (tertiary/aromatic N) is 5. The number of halogens is 1. The van der Waals surface area contributed by atoms with Crippen LogP contribution >= 0.6 is 11.6 Å². The Balaban J connectivity index is 1.54. The van der Waals surface area contributed by atoms with Gasteiger partial charge in [-0.2, -0.15) is 5.10 Å². The Labute approximate surface area is 150 Å². The summed E-state index contributed by atoms with van der Waals surface area (Å²) in [5.41, 5.74) is 2.74. The van der Waals surface area contributed by atoms with Crippen LogP contribution in [0.15, 0.2) is 36.7 Å². The molecule has 1 aromatic carbocycles. The number of rotatable bonds is 6. The van der Waals surface area contributed by atoms with E-state index in [4.69, 9.17) is 11.6 Å². The molecule has 0 spiro atoms. The molecule has 7 nitrogen and oxygen atoms in total. The highest BCUT2D eigenvalue weighted by Crippen LogP contribution is 2.19. The fourth-order valence-electron chi connectivity index (χ4n) is 2.49. The molecule has 0 aliphatic heterocycles. The number of hydrogen-bond acceptors (Lipinski definition) is 4. The molecule has 0 saturated carbocycles. The van der Waals surface area contributed by atoms with E-state index in [1.807, 2.05) is 44.2 Å². The normalized spacial score (nSPS) is 10.8. The van der Waals surface area contributed by atoms with Crippen LogP contribution in [-0.4, -0.2) is 30.5 Å². The largest absolute Gasteiger partial charge is 0.293 e. The van der Waals surface area contributed by atoms with Crippen molar-refractivity contribution in [2.75, 3.05) is 5.32 Å². The molecular weight excluding hydrogens is 340 g/mol. The number of benzene rings is 1. The van der Waals surface area contributed by atoms with Gasteiger partial charge in [0.2, 0.25) is 11.9 Å². The molecule has 0 aliphatic carbocycles. The summed E-state index contributed by atoms with van der Waals surface area (Å²) in [6, 6.07) is 9.94. The molecule has 130 valence electrons. The van der Waals surface area contributed by atoms with E-state index in [2.05, 4.69) is 20.5 Å². The van der Waals surface area contributed by atoms with Gasteiger partial charge in [-0.15, -0.1) is 5.10 Å². The third-order valence-corrected chi connectivity index (χ3v) is 4.37. The van der Waals surface area contributed by atoms with Gasteiger partial charge in [0.1, 0.15) is 6.33 Å². The SMILES string of the molecule is Cc1nn(CCC(=O)Nc2ncn(Cc3ccccc3)n2)c(C)c1Cl. The van der Waals surface area contributed by atoms with E-state index in [1.165, 1.54) is 0 Å². The standard InChI is InChI=1S/C17H19ClN6O/c1-12-16(18)13(2)24(21-12)9-8-15(25)20-17-19-11-23(22-17)10-14-6-4-3-5-7-14/h3-7,11H,8-10H2,1-2H3,(H,20,22,25). The van der Waals surface area contributed by atoms with E-state index in [1.54, 1.807) is 15.7 Å². The van der Waals surface area contributed by atoms with Crippen LogP contribution in [0.25, 0.3) is 0 Å². The summed E-state index contributed by atoms with van der Waals surface area (Å²) < 4.78 is 3.42. The lowest BCUT2D eigenvalue weighted by atomic mass is 10.2. The first-order chi connectivity index (χ1) is 12.0. The zero-order valence-electron chi connectivity index (χ0n) is 14.1. The number of carbonyl (C=O) groups excluding carboxylic acids is 1. The average molecular weight is 359 g/mol. The smallest absolute Gasteiger partial charge is 0.248 e. The van der Waals surface area contributed by atoms with Gasteiger partial charge in [-0.05, 0) is 19.4 Å². The summed E-state index contributed by atoms with van der Waals surface area (Å²) in [5.74, 6) is 0.133. The minimum Gasteiger partial charge on any atom is -0.293 e. The molecule has 8 heteroatoms. The highest BCUT2D eigenvalue weighted by molar-refractivity contribution is 6.31. The summed E-state index contributed by atoms with van der Waals surface area (Å²) in [4.78, 5) is 16.2. The number of nitrogens with one attached hydrogen (secondary N) is 1. The molecular formula is C17H19ClN6O. The number of carbonyl (C=O) groups is 1. The summed E-state index contributed by atoms with van der Waals surface area (Å²) in [7, 11) is 0. The lowest BCUT2D eigenvalue weighted by molar-refractivity contribution is -0.116. The van der Waals surface area contributed by atoms with E-state index < -0.39 is 0 Å². The molecule has 1 amide bonds. The van der Waals surface area contributed by atoms with Gasteiger partial charge in [0.05, 0.1) is 29.5 Å². The maximum atomic E-state index is 12.1. The molecule has 3 rings (SSSR count). The second-order valence-corrected chi connectivity index (χ2v) is 6.14. The first-order valence-electron chi connectivity index (χ1n) is 7.95. The fraction of sp³-hybridized carbons (Fsp3) is 0.294. The summed E-state index contributed by atoms with van der Waals surface area (Å²) in [6.45, 7) is 4.78. The van der Waals surface area contributed by atoms with Crippen LogP contribution in [0, 0.1) is 13.8 Å². The Morgan fingerprint density at radius 2 is 1.96 bits per heavy atom. The van der Waals surface area contributed by atoms with Crippen LogP contribution in [0.5, 0.6) is 0 Å². The molecule has 0 atom stereocenters. The van der Waals surface area contributed by atoms with Crippen LogP contribution in [0.3, 0.4) is 0 Å². The predicted octanol–water partition coefficient (Wildman–Crippen LogP) is 2.82. The molecule has 0 bridgehead atoms. The van der Waals surface area contributed by atoms with Crippen molar-refractivity contribution in [1.29, 1.82) is 0 Å². The van der Waals surface area contributed by atoms with Crippen molar-refractivity contribution in [2.45, 2.75) is 33.4 Å². The van der Waals surface area contributed by atoms with Gasteiger partial charge in [0.25, 0.3) is 0 Å². The lowest BCUT2D eigenvalue weighted by Gasteiger charge is -2.04. The fourth-order valence-corrected chi connectivity index (χ4v) is 2.62. The average Bonchev–Trinajstić information content (AvgIpc) is 3.13. The second-order valence-electron chi connectivity index (χ2n) is 5.76. The lowest BCUT2D eigenvalue weighted by Crippen LogP contribution is -2.16. The molecule has 0 aliphatic rings. The Morgan fingerprint density at radius 1 is 1.20 bits per heavy atom. The molecule has 2 aromatic heterocycles. The van der Waals surface area contributed by atoms with Gasteiger partial charge in [0.15, 0.2) is 0 Å². The van der Waals surface area contributed by atoms with Gasteiger partial charge in [-0.3, -0.25) is 14.8 Å². The maximum absolute atomic E-state index is 12.1. The number of amides is 1. The van der Waals surface area contributed by atoms with Crippen LogP contribution in [0.1, 0.15) is 23.4 Å². The molecule has 1 N–H and O–H groups in total. The molecule has 0 unspecified atom stereocenters. The van der Waals surface area contributed by atoms with E-state index in [0.717, 1.165) is 17.0 Å². The quantitative estimate of drug-likeness (QED) is 0.735. The van der Waals surface area contributed by atoms with Gasteiger partial charge >= 0.3 is 0 Å². The van der Waals surface area contributed by atoms with Crippen LogP contribution in [0.4, 0.5) is 5.95 Å². The van der Waals surface area contributed by atoms with E-state index in [0.29, 0.717) is 24.1 Å². The van der Waals surface area contributed by atoms with Gasteiger partial charge in [-0.1, -0.05) is 41.9 Å². The van der Waals surface area contributed by atoms with Crippen molar-refractivity contribution in [1.82, 2.24) is 24.5 Å². The Kier molecular flexibility index (Phi) is 5.14.